The van der Waals surface area contributed by atoms with Crippen LogP contribution in [0.15, 0.2) is 0 Å². The van der Waals surface area contributed by atoms with Crippen molar-refractivity contribution in [3.05, 3.63) is 0 Å². The second-order valence-electron chi connectivity index (χ2n) is 6.45. The monoisotopic (exact) mass is 324 g/mol. The summed E-state index contributed by atoms with van der Waals surface area (Å²) in [6.45, 7) is 3.08. The molecule has 0 aromatic heterocycles. The summed E-state index contributed by atoms with van der Waals surface area (Å²) in [7, 11) is 0. The maximum atomic E-state index is 12.4. The Morgan fingerprint density at radius 3 is 2.61 bits per heavy atom. The number of urea groups is 1. The molecule has 2 bridgehead atoms. The highest BCUT2D eigenvalue weighted by Crippen LogP contribution is 2.30. The van der Waals surface area contributed by atoms with Crippen molar-refractivity contribution < 1.29 is 19.2 Å². The number of piperidine rings is 1. The van der Waals surface area contributed by atoms with Gasteiger partial charge in [-0.2, -0.15) is 5.06 Å². The lowest BCUT2D eigenvalue weighted by atomic mass is 10.0. The Kier molecular flexibility index (Phi) is 4.70. The van der Waals surface area contributed by atoms with Gasteiger partial charge in [0, 0.05) is 12.5 Å². The molecular weight excluding hydrogens is 300 g/mol. The SMILES string of the molecule is CCCCON1C(=O)N2CC1CC[C@H]2C(=O)NNC(=O)C1CC1. The summed E-state index contributed by atoms with van der Waals surface area (Å²) in [5.74, 6) is -0.451. The van der Waals surface area contributed by atoms with E-state index in [2.05, 4.69) is 17.8 Å². The summed E-state index contributed by atoms with van der Waals surface area (Å²) in [4.78, 5) is 43.4. The van der Waals surface area contributed by atoms with E-state index in [1.807, 2.05) is 0 Å². The molecule has 23 heavy (non-hydrogen) atoms. The van der Waals surface area contributed by atoms with Crippen LogP contribution >= 0.6 is 0 Å². The standard InChI is InChI=1S/C15H24N4O4/c1-2-3-8-23-19-11-6-7-12(18(9-11)15(19)22)14(21)17-16-13(20)10-4-5-10/h10-12H,2-9H2,1H3,(H,16,20)(H,17,21)/t11?,12-/m0/s1. The van der Waals surface area contributed by atoms with Crippen LogP contribution in [0, 0.1) is 5.92 Å². The molecule has 0 aromatic carbocycles. The lowest BCUT2D eigenvalue weighted by Crippen LogP contribution is -2.54. The third kappa shape index (κ3) is 3.41. The summed E-state index contributed by atoms with van der Waals surface area (Å²) in [6, 6.07) is -0.778. The number of nitrogens with zero attached hydrogens (tertiary/aromatic N) is 2. The molecule has 0 spiro atoms. The highest BCUT2D eigenvalue weighted by molar-refractivity contribution is 5.90. The van der Waals surface area contributed by atoms with Gasteiger partial charge in [-0.1, -0.05) is 13.3 Å². The number of amides is 4. The number of carbonyl (C=O) groups excluding carboxylic acids is 3. The summed E-state index contributed by atoms with van der Waals surface area (Å²) < 4.78 is 0. The quantitative estimate of drug-likeness (QED) is 0.551. The van der Waals surface area contributed by atoms with Crippen LogP contribution in [-0.2, 0) is 14.4 Å². The number of hydrazine groups is 1. The van der Waals surface area contributed by atoms with Crippen molar-refractivity contribution in [2.75, 3.05) is 13.2 Å². The number of rotatable bonds is 6. The van der Waals surface area contributed by atoms with E-state index in [-0.39, 0.29) is 29.8 Å². The first kappa shape index (κ1) is 16.0. The zero-order valence-corrected chi connectivity index (χ0v) is 13.4. The molecule has 3 rings (SSSR count). The minimum absolute atomic E-state index is 0.0180. The topological polar surface area (TPSA) is 91.0 Å². The van der Waals surface area contributed by atoms with Gasteiger partial charge in [0.05, 0.1) is 12.6 Å². The second kappa shape index (κ2) is 6.74. The molecule has 2 saturated heterocycles. The van der Waals surface area contributed by atoms with Crippen molar-refractivity contribution in [2.45, 2.75) is 57.5 Å². The van der Waals surface area contributed by atoms with E-state index >= 15 is 0 Å². The number of unbranched alkanes of at least 4 members (excludes halogenated alkanes) is 1. The van der Waals surface area contributed by atoms with Gasteiger partial charge >= 0.3 is 6.03 Å². The molecule has 2 heterocycles. The third-order valence-corrected chi connectivity index (χ3v) is 4.61. The molecule has 3 aliphatic rings. The van der Waals surface area contributed by atoms with Crippen LogP contribution in [0.25, 0.3) is 0 Å². The molecule has 128 valence electrons. The molecule has 2 aliphatic heterocycles. The molecule has 2 atom stereocenters. The van der Waals surface area contributed by atoms with Gasteiger partial charge in [0.2, 0.25) is 5.91 Å². The van der Waals surface area contributed by atoms with Crippen molar-refractivity contribution in [3.8, 4) is 0 Å². The van der Waals surface area contributed by atoms with E-state index in [0.29, 0.717) is 19.6 Å². The van der Waals surface area contributed by atoms with Gasteiger partial charge in [0.15, 0.2) is 0 Å². The molecule has 3 fully saturated rings. The number of nitrogens with one attached hydrogen (secondary N) is 2. The molecule has 0 aromatic rings. The Labute approximate surface area is 135 Å². The van der Waals surface area contributed by atoms with Crippen LogP contribution in [0.3, 0.4) is 0 Å². The molecule has 2 N–H and O–H groups in total. The minimum atomic E-state index is -0.543. The molecule has 1 aliphatic carbocycles. The van der Waals surface area contributed by atoms with Crippen molar-refractivity contribution in [1.82, 2.24) is 20.8 Å². The highest BCUT2D eigenvalue weighted by Gasteiger charge is 2.48. The van der Waals surface area contributed by atoms with Crippen molar-refractivity contribution in [2.24, 2.45) is 5.92 Å². The summed E-state index contributed by atoms with van der Waals surface area (Å²) in [6.07, 6.45) is 4.96. The number of carbonyl (C=O) groups is 3. The lowest BCUT2D eigenvalue weighted by molar-refractivity contribution is -0.133. The Bertz CT molecular complexity index is 494. The largest absolute Gasteiger partial charge is 0.345 e. The van der Waals surface area contributed by atoms with Gasteiger partial charge in [-0.15, -0.1) is 0 Å². The maximum Gasteiger partial charge on any atom is 0.345 e. The summed E-state index contributed by atoms with van der Waals surface area (Å²) in [5, 5.41) is 1.42. The highest BCUT2D eigenvalue weighted by atomic mass is 16.7. The van der Waals surface area contributed by atoms with Gasteiger partial charge < -0.3 is 4.90 Å². The van der Waals surface area contributed by atoms with Crippen LogP contribution in [0.4, 0.5) is 4.79 Å². The first-order valence-electron chi connectivity index (χ1n) is 8.44. The molecule has 0 radical (unpaired) electrons. The zero-order chi connectivity index (χ0) is 16.4. The smallest absolute Gasteiger partial charge is 0.309 e. The van der Waals surface area contributed by atoms with Crippen LogP contribution < -0.4 is 10.9 Å². The molecular formula is C15H24N4O4. The third-order valence-electron chi connectivity index (χ3n) is 4.61. The number of hydrogen-bond acceptors (Lipinski definition) is 4. The van der Waals surface area contributed by atoms with Gasteiger partial charge in [-0.05, 0) is 32.1 Å². The Balaban J connectivity index is 1.52. The zero-order valence-electron chi connectivity index (χ0n) is 13.4. The molecule has 4 amide bonds. The maximum absolute atomic E-state index is 12.4. The summed E-state index contributed by atoms with van der Waals surface area (Å²) >= 11 is 0. The lowest BCUT2D eigenvalue weighted by Gasteiger charge is -2.29. The van der Waals surface area contributed by atoms with Gasteiger partial charge in [-0.25, -0.2) is 4.79 Å². The molecule has 1 unspecified atom stereocenters. The fraction of sp³-hybridized carbons (Fsp3) is 0.800. The Hall–Kier alpha value is -1.83. The van der Waals surface area contributed by atoms with E-state index in [0.717, 1.165) is 32.1 Å². The van der Waals surface area contributed by atoms with E-state index in [1.165, 1.54) is 5.06 Å². The molecule has 1 saturated carbocycles. The normalized spacial score (nSPS) is 26.4. The first-order chi connectivity index (χ1) is 11.1. The van der Waals surface area contributed by atoms with Crippen molar-refractivity contribution in [1.29, 1.82) is 0 Å². The van der Waals surface area contributed by atoms with Gasteiger partial charge in [0.1, 0.15) is 6.04 Å². The molecule has 8 nitrogen and oxygen atoms in total. The van der Waals surface area contributed by atoms with E-state index < -0.39 is 6.04 Å². The van der Waals surface area contributed by atoms with Gasteiger partial charge in [0.25, 0.3) is 5.91 Å². The van der Waals surface area contributed by atoms with Crippen LogP contribution in [0.2, 0.25) is 0 Å². The van der Waals surface area contributed by atoms with Crippen molar-refractivity contribution >= 4 is 17.8 Å². The fourth-order valence-electron chi connectivity index (χ4n) is 3.03. The predicted octanol–water partition coefficient (Wildman–Crippen LogP) is 0.544. The first-order valence-corrected chi connectivity index (χ1v) is 8.44. The average molecular weight is 324 g/mol. The average Bonchev–Trinajstić information content (AvgIpc) is 3.37. The number of fused-ring (bicyclic) bond motifs is 2. The van der Waals surface area contributed by atoms with Gasteiger partial charge in [-0.3, -0.25) is 25.3 Å². The van der Waals surface area contributed by atoms with E-state index in [1.54, 1.807) is 4.90 Å². The van der Waals surface area contributed by atoms with Crippen molar-refractivity contribution in [3.63, 3.8) is 0 Å². The Morgan fingerprint density at radius 1 is 1.17 bits per heavy atom. The molecule has 8 heteroatoms. The predicted molar refractivity (Wildman–Crippen MR) is 80.6 cm³/mol. The van der Waals surface area contributed by atoms with Crippen LogP contribution in [0.5, 0.6) is 0 Å². The van der Waals surface area contributed by atoms with Crippen LogP contribution in [-0.4, -0.2) is 53.0 Å². The fourth-order valence-corrected chi connectivity index (χ4v) is 3.03. The number of hydroxylamine groups is 2. The minimum Gasteiger partial charge on any atom is -0.309 e. The van der Waals surface area contributed by atoms with Crippen LogP contribution in [0.1, 0.15) is 45.4 Å². The second-order valence-corrected chi connectivity index (χ2v) is 6.45. The van der Waals surface area contributed by atoms with E-state index in [9.17, 15) is 14.4 Å². The van der Waals surface area contributed by atoms with E-state index in [4.69, 9.17) is 4.84 Å². The Morgan fingerprint density at radius 2 is 1.91 bits per heavy atom. The number of hydrogen-bond donors (Lipinski definition) is 2. The summed E-state index contributed by atoms with van der Waals surface area (Å²) in [5.41, 5.74) is 4.90.